The second-order valence-electron chi connectivity index (χ2n) is 9.86. The van der Waals surface area contributed by atoms with Crippen LogP contribution in [0, 0.1) is 13.8 Å². The molecule has 3 heterocycles. The molecule has 0 unspecified atom stereocenters. The zero-order chi connectivity index (χ0) is 31.9. The Morgan fingerprint density at radius 1 is 1.16 bits per heavy atom. The van der Waals surface area contributed by atoms with E-state index in [1.54, 1.807) is 31.2 Å². The largest absolute Gasteiger partial charge is 0.424 e. The van der Waals surface area contributed by atoms with Crippen LogP contribution in [0.3, 0.4) is 0 Å². The molecule has 0 bridgehead atoms. The lowest BCUT2D eigenvalue weighted by molar-refractivity contribution is -0.0111. The number of carbonyl (C=O) groups excluding carboxylic acids is 4. The fraction of sp³-hybridized carbons (Fsp3) is 0.200. The van der Waals surface area contributed by atoms with Crippen molar-refractivity contribution in [1.29, 1.82) is 0 Å². The third-order valence-corrected chi connectivity index (χ3v) is 6.76. The Bertz CT molecular complexity index is 1780. The molecular formula is C30H28N8O7. The van der Waals surface area contributed by atoms with Crippen LogP contribution in [0.1, 0.15) is 60.7 Å². The van der Waals surface area contributed by atoms with Gasteiger partial charge in [0, 0.05) is 36.3 Å². The molecule has 0 atom stereocenters. The molecule has 1 aromatic carbocycles. The number of pyridine rings is 1. The van der Waals surface area contributed by atoms with Crippen LogP contribution in [-0.2, 0) is 9.47 Å². The number of rotatable bonds is 9. The molecule has 15 heteroatoms. The van der Waals surface area contributed by atoms with Crippen LogP contribution >= 0.6 is 0 Å². The van der Waals surface area contributed by atoms with Gasteiger partial charge in [0.05, 0.1) is 28.8 Å². The van der Waals surface area contributed by atoms with Gasteiger partial charge in [-0.05, 0) is 62.1 Å². The third kappa shape index (κ3) is 7.10. The number of benzene rings is 1. The van der Waals surface area contributed by atoms with Crippen LogP contribution < -0.4 is 11.1 Å². The Balaban J connectivity index is 1.34. The van der Waals surface area contributed by atoms with Crippen LogP contribution in [0.5, 0.6) is 0 Å². The van der Waals surface area contributed by atoms with E-state index in [1.165, 1.54) is 37.0 Å². The van der Waals surface area contributed by atoms with Crippen LogP contribution in [0.25, 0.3) is 0 Å². The van der Waals surface area contributed by atoms with E-state index in [0.29, 0.717) is 35.3 Å². The second kappa shape index (κ2) is 13.5. The average molecular weight is 613 g/mol. The normalized spacial score (nSPS) is 13.0. The van der Waals surface area contributed by atoms with Gasteiger partial charge in [-0.15, -0.1) is 0 Å². The van der Waals surface area contributed by atoms with Crippen molar-refractivity contribution in [2.24, 2.45) is 15.7 Å². The van der Waals surface area contributed by atoms with E-state index in [-0.39, 0.29) is 28.8 Å². The number of aryl methyl sites for hydroxylation is 1. The maximum atomic E-state index is 13.6. The predicted octanol–water partition coefficient (Wildman–Crippen LogP) is 3.89. The van der Waals surface area contributed by atoms with Crippen LogP contribution in [0.2, 0.25) is 0 Å². The Morgan fingerprint density at radius 3 is 2.67 bits per heavy atom. The quantitative estimate of drug-likeness (QED) is 0.107. The molecule has 0 radical (unpaired) electrons. The number of amides is 3. The molecule has 230 valence electrons. The third-order valence-electron chi connectivity index (χ3n) is 6.76. The molecule has 0 aliphatic heterocycles. The molecule has 4 N–H and O–H groups in total. The summed E-state index contributed by atoms with van der Waals surface area (Å²) in [7, 11) is 0. The molecule has 1 fully saturated rings. The molecule has 1 aliphatic carbocycles. The van der Waals surface area contributed by atoms with Crippen molar-refractivity contribution in [2.45, 2.75) is 32.7 Å². The number of hydrogen-bond acceptors (Lipinski definition) is 10. The number of anilines is 1. The summed E-state index contributed by atoms with van der Waals surface area (Å²) < 4.78 is 14.9. The Morgan fingerprint density at radius 2 is 1.98 bits per heavy atom. The van der Waals surface area contributed by atoms with Gasteiger partial charge in [0.1, 0.15) is 6.26 Å². The summed E-state index contributed by atoms with van der Waals surface area (Å²) in [5, 5.41) is 6.30. The van der Waals surface area contributed by atoms with E-state index in [4.69, 9.17) is 19.7 Å². The number of esters is 1. The van der Waals surface area contributed by atoms with E-state index in [1.807, 2.05) is 6.92 Å². The first-order valence-corrected chi connectivity index (χ1v) is 13.7. The maximum Gasteiger partial charge on any atom is 0.419 e. The van der Waals surface area contributed by atoms with Gasteiger partial charge in [0.2, 0.25) is 6.79 Å². The van der Waals surface area contributed by atoms with E-state index in [2.05, 4.69) is 30.4 Å². The summed E-state index contributed by atoms with van der Waals surface area (Å²) in [4.78, 5) is 68.1. The van der Waals surface area contributed by atoms with E-state index in [0.717, 1.165) is 16.8 Å². The van der Waals surface area contributed by atoms with E-state index < -0.39 is 30.7 Å². The van der Waals surface area contributed by atoms with Gasteiger partial charge in [0.15, 0.2) is 11.7 Å². The number of carbonyl (C=O) groups is 4. The number of ether oxygens (including phenoxy) is 2. The molecule has 45 heavy (non-hydrogen) atoms. The van der Waals surface area contributed by atoms with Crippen molar-refractivity contribution in [2.75, 3.05) is 12.1 Å². The molecular weight excluding hydrogens is 584 g/mol. The lowest BCUT2D eigenvalue weighted by atomic mass is 10.1. The van der Waals surface area contributed by atoms with Crippen molar-refractivity contribution in [1.82, 2.24) is 20.0 Å². The zero-order valence-corrected chi connectivity index (χ0v) is 24.2. The molecule has 4 aromatic rings. The number of hydrogen-bond donors (Lipinski definition) is 3. The van der Waals surface area contributed by atoms with Gasteiger partial charge in [-0.2, -0.15) is 0 Å². The highest BCUT2D eigenvalue weighted by Gasteiger charge is 2.40. The Labute approximate surface area is 256 Å². The number of nitrogens with one attached hydrogen (secondary N) is 2. The predicted molar refractivity (Wildman–Crippen MR) is 160 cm³/mol. The summed E-state index contributed by atoms with van der Waals surface area (Å²) in [5.41, 5.74) is 8.28. The van der Waals surface area contributed by atoms with Gasteiger partial charge in [-0.25, -0.2) is 24.5 Å². The molecule has 15 nitrogen and oxygen atoms in total. The number of imide groups is 1. The number of aromatic amines is 1. The van der Waals surface area contributed by atoms with Crippen molar-refractivity contribution in [3.05, 3.63) is 94.8 Å². The molecule has 3 amide bonds. The summed E-state index contributed by atoms with van der Waals surface area (Å²) in [5.74, 6) is -1.37. The Hall–Kier alpha value is -6.12. The number of nitrogens with zero attached hydrogens (tertiary/aromatic N) is 5. The molecule has 1 aliphatic rings. The summed E-state index contributed by atoms with van der Waals surface area (Å²) in [6.45, 7) is 2.80. The highest BCUT2D eigenvalue weighted by atomic mass is 16.7. The van der Waals surface area contributed by atoms with E-state index >= 15 is 0 Å². The number of amidine groups is 1. The molecule has 5 rings (SSSR count). The minimum Gasteiger partial charge on any atom is -0.424 e. The summed E-state index contributed by atoms with van der Waals surface area (Å²) >= 11 is 0. The minimum absolute atomic E-state index is 0.133. The van der Waals surface area contributed by atoms with Gasteiger partial charge < -0.3 is 30.0 Å². The summed E-state index contributed by atoms with van der Waals surface area (Å²) in [6, 6.07) is 9.16. The lowest BCUT2D eigenvalue weighted by Crippen LogP contribution is -2.39. The van der Waals surface area contributed by atoms with Gasteiger partial charge in [0.25, 0.3) is 11.8 Å². The molecule has 1 saturated carbocycles. The van der Waals surface area contributed by atoms with Crippen LogP contribution in [-0.4, -0.2) is 68.9 Å². The topological polar surface area (TPSA) is 207 Å². The fourth-order valence-corrected chi connectivity index (χ4v) is 4.25. The van der Waals surface area contributed by atoms with Crippen LogP contribution in [0.15, 0.2) is 75.8 Å². The first kappa shape index (κ1) is 30.3. The molecule has 0 saturated heterocycles. The first-order valence-electron chi connectivity index (χ1n) is 13.7. The molecule has 3 aromatic heterocycles. The zero-order valence-electron chi connectivity index (χ0n) is 24.2. The highest BCUT2D eigenvalue weighted by Crippen LogP contribution is 2.31. The molecule has 0 spiro atoms. The minimum atomic E-state index is -0.950. The second-order valence-corrected chi connectivity index (χ2v) is 9.86. The van der Waals surface area contributed by atoms with Crippen molar-refractivity contribution < 1.29 is 33.2 Å². The lowest BCUT2D eigenvalue weighted by Gasteiger charge is -2.19. The van der Waals surface area contributed by atoms with Gasteiger partial charge in [-0.1, -0.05) is 11.2 Å². The van der Waals surface area contributed by atoms with E-state index in [9.17, 15) is 19.2 Å². The van der Waals surface area contributed by atoms with Crippen molar-refractivity contribution in [3.8, 4) is 0 Å². The van der Waals surface area contributed by atoms with Crippen LogP contribution in [0.4, 0.5) is 16.3 Å². The Kier molecular flexibility index (Phi) is 9.07. The smallest absolute Gasteiger partial charge is 0.419 e. The number of nitrogens with two attached hydrogens (primary N) is 1. The summed E-state index contributed by atoms with van der Waals surface area (Å²) in [6.07, 6.45) is 6.92. The SMILES string of the molecule is Cc1ccc(C(=O)Nc2ccon2)cc1N=C(N=CN)c1[nH]cc(C(=O)N(C(=O)OCOC(=O)c2cccnc2)C2CC2)c1C. The highest BCUT2D eigenvalue weighted by molar-refractivity contribution is 6.10. The maximum absolute atomic E-state index is 13.6. The number of aromatic nitrogens is 3. The first-order chi connectivity index (χ1) is 21.8. The monoisotopic (exact) mass is 612 g/mol. The van der Waals surface area contributed by atoms with Crippen molar-refractivity contribution in [3.63, 3.8) is 0 Å². The van der Waals surface area contributed by atoms with Crippen molar-refractivity contribution >= 4 is 47.6 Å². The van der Waals surface area contributed by atoms with Gasteiger partial charge in [-0.3, -0.25) is 14.6 Å². The van der Waals surface area contributed by atoms with Gasteiger partial charge >= 0.3 is 12.1 Å². The number of aliphatic imine (C=N–C) groups is 2. The number of H-pyrrole nitrogens is 1. The average Bonchev–Trinajstić information content (AvgIpc) is 3.58. The standard InChI is InChI=1S/C30H28N8O7/c1-17-5-6-19(27(39)36-24-9-11-45-37-24)12-23(17)35-26(34-15-31)25-18(2)22(14-33-25)28(40)38(21-7-8-21)30(42)44-16-43-29(41)20-4-3-10-32-13-20/h3-6,9-15,21,33H,7-8,16H2,1-2H3,(H2,31,34,35)(H,36,37,39). The fourth-order valence-electron chi connectivity index (χ4n) is 4.25.